The van der Waals surface area contributed by atoms with Crippen molar-refractivity contribution >= 4 is 12.6 Å². The molecule has 2 heteroatoms. The average Bonchev–Trinajstić information content (AvgIpc) is 1.98. The first kappa shape index (κ1) is 10.3. The topological polar surface area (TPSA) is 9.23 Å². The molecule has 0 amide bonds. The Morgan fingerprint density at radius 2 is 2.10 bits per heavy atom. The highest BCUT2D eigenvalue weighted by atomic mass is 32.1. The van der Waals surface area contributed by atoms with E-state index in [0.717, 1.165) is 12.4 Å². The van der Waals surface area contributed by atoms with Crippen LogP contribution in [0.2, 0.25) is 0 Å². The second kappa shape index (κ2) is 7.42. The highest BCUT2D eigenvalue weighted by Gasteiger charge is 1.96. The molecule has 0 bridgehead atoms. The van der Waals surface area contributed by atoms with Gasteiger partial charge in [0.2, 0.25) is 0 Å². The van der Waals surface area contributed by atoms with E-state index in [4.69, 9.17) is 4.74 Å². The summed E-state index contributed by atoms with van der Waals surface area (Å²) in [5.74, 6) is 0.826. The van der Waals surface area contributed by atoms with Crippen LogP contribution in [0, 0.1) is 0 Å². The Kier molecular flexibility index (Phi) is 7.65. The molecule has 0 rings (SSSR count). The molecule has 0 saturated heterocycles. The first-order valence-electron chi connectivity index (χ1n) is 4.03. The Morgan fingerprint density at radius 1 is 1.40 bits per heavy atom. The van der Waals surface area contributed by atoms with Crippen molar-refractivity contribution in [2.45, 2.75) is 39.2 Å². The lowest BCUT2D eigenvalue weighted by atomic mass is 10.3. The normalized spacial score (nSPS) is 13.5. The molecule has 0 fully saturated rings. The van der Waals surface area contributed by atoms with Crippen LogP contribution in [0.25, 0.3) is 0 Å². The number of rotatable bonds is 6. The van der Waals surface area contributed by atoms with Gasteiger partial charge in [0.15, 0.2) is 0 Å². The zero-order valence-corrected chi connectivity index (χ0v) is 7.86. The van der Waals surface area contributed by atoms with E-state index < -0.39 is 0 Å². The van der Waals surface area contributed by atoms with Gasteiger partial charge in [-0.25, -0.2) is 0 Å². The lowest BCUT2D eigenvalue weighted by molar-refractivity contribution is 0.0792. The van der Waals surface area contributed by atoms with E-state index in [-0.39, 0.29) is 0 Å². The van der Waals surface area contributed by atoms with Crippen LogP contribution in [-0.2, 0) is 4.74 Å². The molecule has 0 aromatic rings. The van der Waals surface area contributed by atoms with Gasteiger partial charge in [-0.3, -0.25) is 0 Å². The number of hydrogen-bond donors (Lipinski definition) is 1. The molecular weight excluding hydrogens is 144 g/mol. The van der Waals surface area contributed by atoms with Gasteiger partial charge >= 0.3 is 0 Å². The second-order valence-electron chi connectivity index (χ2n) is 2.57. The maximum atomic E-state index is 5.42. The predicted octanol–water partition coefficient (Wildman–Crippen LogP) is 2.51. The van der Waals surface area contributed by atoms with E-state index in [2.05, 4.69) is 26.5 Å². The summed E-state index contributed by atoms with van der Waals surface area (Å²) in [7, 11) is 0. The Hall–Kier alpha value is 0.310. The molecule has 1 unspecified atom stereocenters. The monoisotopic (exact) mass is 162 g/mol. The van der Waals surface area contributed by atoms with Gasteiger partial charge in [0.25, 0.3) is 0 Å². The average molecular weight is 162 g/mol. The molecule has 0 spiro atoms. The van der Waals surface area contributed by atoms with Crippen LogP contribution in [0.1, 0.15) is 33.1 Å². The lowest BCUT2D eigenvalue weighted by Gasteiger charge is -2.08. The smallest absolute Gasteiger partial charge is 0.0634 e. The first-order chi connectivity index (χ1) is 4.81. The minimum atomic E-state index is 0.320. The molecule has 10 heavy (non-hydrogen) atoms. The first-order valence-corrected chi connectivity index (χ1v) is 4.67. The summed E-state index contributed by atoms with van der Waals surface area (Å²) >= 11 is 4.12. The summed E-state index contributed by atoms with van der Waals surface area (Å²) in [6, 6.07) is 0. The van der Waals surface area contributed by atoms with Crippen LogP contribution in [0.5, 0.6) is 0 Å². The summed E-state index contributed by atoms with van der Waals surface area (Å²) < 4.78 is 5.42. The van der Waals surface area contributed by atoms with Gasteiger partial charge in [-0.1, -0.05) is 19.8 Å². The number of ether oxygens (including phenoxy) is 1. The lowest BCUT2D eigenvalue weighted by Crippen LogP contribution is -2.10. The molecule has 1 nitrogen and oxygen atoms in total. The van der Waals surface area contributed by atoms with Crippen LogP contribution in [-0.4, -0.2) is 18.5 Å². The molecule has 0 aromatic heterocycles. The Bertz CT molecular complexity index is 66.3. The predicted molar refractivity (Wildman–Crippen MR) is 48.8 cm³/mol. The van der Waals surface area contributed by atoms with E-state index in [9.17, 15) is 0 Å². The van der Waals surface area contributed by atoms with Crippen LogP contribution in [0.3, 0.4) is 0 Å². The Labute approximate surface area is 69.6 Å². The van der Waals surface area contributed by atoms with E-state index in [1.807, 2.05) is 0 Å². The van der Waals surface area contributed by atoms with Gasteiger partial charge in [-0.05, 0) is 13.3 Å². The van der Waals surface area contributed by atoms with E-state index in [0.29, 0.717) is 6.10 Å². The SMILES string of the molecule is CCCCCOC(C)CS. The van der Waals surface area contributed by atoms with E-state index in [1.54, 1.807) is 0 Å². The minimum absolute atomic E-state index is 0.320. The molecule has 0 aliphatic rings. The summed E-state index contributed by atoms with van der Waals surface area (Å²) in [6.45, 7) is 5.15. The molecule has 0 heterocycles. The van der Waals surface area contributed by atoms with Crippen LogP contribution in [0.15, 0.2) is 0 Å². The molecular formula is C8H18OS. The van der Waals surface area contributed by atoms with Crippen molar-refractivity contribution in [3.8, 4) is 0 Å². The molecule has 1 atom stereocenters. The maximum Gasteiger partial charge on any atom is 0.0634 e. The Balaban J connectivity index is 2.89. The van der Waals surface area contributed by atoms with Crippen molar-refractivity contribution in [3.05, 3.63) is 0 Å². The molecule has 0 saturated carbocycles. The quantitative estimate of drug-likeness (QED) is 0.466. The van der Waals surface area contributed by atoms with Gasteiger partial charge in [0, 0.05) is 12.4 Å². The summed E-state index contributed by atoms with van der Waals surface area (Å²) in [5.41, 5.74) is 0. The number of unbranched alkanes of at least 4 members (excludes halogenated alkanes) is 2. The molecule has 0 aliphatic carbocycles. The zero-order valence-electron chi connectivity index (χ0n) is 6.97. The van der Waals surface area contributed by atoms with Gasteiger partial charge in [0.1, 0.15) is 0 Å². The molecule has 0 aliphatic heterocycles. The van der Waals surface area contributed by atoms with Crippen molar-refractivity contribution in [2.24, 2.45) is 0 Å². The van der Waals surface area contributed by atoms with Gasteiger partial charge in [-0.15, -0.1) is 0 Å². The van der Waals surface area contributed by atoms with E-state index in [1.165, 1.54) is 19.3 Å². The van der Waals surface area contributed by atoms with E-state index >= 15 is 0 Å². The van der Waals surface area contributed by atoms with Crippen LogP contribution in [0.4, 0.5) is 0 Å². The molecule has 0 N–H and O–H groups in total. The van der Waals surface area contributed by atoms with Gasteiger partial charge in [-0.2, -0.15) is 12.6 Å². The largest absolute Gasteiger partial charge is 0.378 e. The maximum absolute atomic E-state index is 5.42. The van der Waals surface area contributed by atoms with Gasteiger partial charge < -0.3 is 4.74 Å². The number of hydrogen-bond acceptors (Lipinski definition) is 2. The highest BCUT2D eigenvalue weighted by molar-refractivity contribution is 7.80. The summed E-state index contributed by atoms with van der Waals surface area (Å²) in [4.78, 5) is 0. The fourth-order valence-corrected chi connectivity index (χ4v) is 0.795. The molecule has 0 aromatic carbocycles. The van der Waals surface area contributed by atoms with Crippen molar-refractivity contribution in [1.82, 2.24) is 0 Å². The highest BCUT2D eigenvalue weighted by Crippen LogP contribution is 1.98. The minimum Gasteiger partial charge on any atom is -0.378 e. The Morgan fingerprint density at radius 3 is 2.60 bits per heavy atom. The van der Waals surface area contributed by atoms with Crippen molar-refractivity contribution in [1.29, 1.82) is 0 Å². The van der Waals surface area contributed by atoms with Crippen molar-refractivity contribution < 1.29 is 4.74 Å². The molecule has 62 valence electrons. The zero-order chi connectivity index (χ0) is 7.82. The van der Waals surface area contributed by atoms with Gasteiger partial charge in [0.05, 0.1) is 6.10 Å². The van der Waals surface area contributed by atoms with Crippen LogP contribution < -0.4 is 0 Å². The standard InChI is InChI=1S/C8H18OS/c1-3-4-5-6-9-8(2)7-10/h8,10H,3-7H2,1-2H3. The van der Waals surface area contributed by atoms with Crippen molar-refractivity contribution in [3.63, 3.8) is 0 Å². The molecule has 0 radical (unpaired) electrons. The summed E-state index contributed by atoms with van der Waals surface area (Å²) in [6.07, 6.45) is 4.05. The third-order valence-electron chi connectivity index (χ3n) is 1.41. The van der Waals surface area contributed by atoms with Crippen LogP contribution >= 0.6 is 12.6 Å². The summed E-state index contributed by atoms with van der Waals surface area (Å²) in [5, 5.41) is 0. The fraction of sp³-hybridized carbons (Fsp3) is 1.00. The number of thiol groups is 1. The third-order valence-corrected chi connectivity index (χ3v) is 1.92. The third kappa shape index (κ3) is 6.43. The fourth-order valence-electron chi connectivity index (χ4n) is 0.689. The van der Waals surface area contributed by atoms with Crippen molar-refractivity contribution in [2.75, 3.05) is 12.4 Å². The second-order valence-corrected chi connectivity index (χ2v) is 2.94.